The average Bonchev–Trinajstić information content (AvgIpc) is 1.89. The Morgan fingerprint density at radius 2 is 2.33 bits per heavy atom. The lowest BCUT2D eigenvalue weighted by atomic mass is 10.2. The predicted molar refractivity (Wildman–Crippen MR) is 40.3 cm³/mol. The second kappa shape index (κ2) is 5.57. The first-order valence-electron chi connectivity index (χ1n) is 3.21. The zero-order chi connectivity index (χ0) is 7.11. The van der Waals surface area contributed by atoms with Crippen LogP contribution in [0.2, 0.25) is 0 Å². The van der Waals surface area contributed by atoms with Gasteiger partial charge in [0.25, 0.3) is 0 Å². The molecule has 0 aliphatic carbocycles. The molecule has 0 unspecified atom stereocenters. The predicted octanol–water partition coefficient (Wildman–Crippen LogP) is 1.89. The molecule has 1 N–H and O–H groups in total. The Morgan fingerprint density at radius 1 is 1.67 bits per heavy atom. The number of rotatable bonds is 4. The Morgan fingerprint density at radius 3 is 2.78 bits per heavy atom. The first-order valence-corrected chi connectivity index (χ1v) is 3.21. The van der Waals surface area contributed by atoms with Crippen molar-refractivity contribution in [2.75, 3.05) is 6.61 Å². The van der Waals surface area contributed by atoms with Crippen LogP contribution in [0, 0.1) is 0 Å². The highest BCUT2D eigenvalue weighted by molar-refractivity contribution is 5.12. The SMILES string of the molecule is C=C/C(C)=C/CCCO. The maximum atomic E-state index is 8.40. The molecule has 0 bridgehead atoms. The molecule has 0 amide bonds. The van der Waals surface area contributed by atoms with Crippen molar-refractivity contribution in [2.45, 2.75) is 19.8 Å². The molecule has 52 valence electrons. The molecular weight excluding hydrogens is 112 g/mol. The first kappa shape index (κ1) is 8.44. The minimum absolute atomic E-state index is 0.279. The summed E-state index contributed by atoms with van der Waals surface area (Å²) >= 11 is 0. The molecule has 0 aromatic carbocycles. The number of unbranched alkanes of at least 4 members (excludes halogenated alkanes) is 1. The molecule has 9 heavy (non-hydrogen) atoms. The summed E-state index contributed by atoms with van der Waals surface area (Å²) in [7, 11) is 0. The Labute approximate surface area is 56.7 Å². The van der Waals surface area contributed by atoms with E-state index in [4.69, 9.17) is 5.11 Å². The molecule has 0 spiro atoms. The van der Waals surface area contributed by atoms with Gasteiger partial charge in [0.15, 0.2) is 0 Å². The van der Waals surface area contributed by atoms with Gasteiger partial charge in [0, 0.05) is 6.61 Å². The number of hydrogen-bond acceptors (Lipinski definition) is 1. The van der Waals surface area contributed by atoms with E-state index < -0.39 is 0 Å². The zero-order valence-electron chi connectivity index (χ0n) is 5.93. The van der Waals surface area contributed by atoms with Crippen LogP contribution in [0.5, 0.6) is 0 Å². The second-order valence-electron chi connectivity index (χ2n) is 2.02. The van der Waals surface area contributed by atoms with Crippen molar-refractivity contribution in [3.63, 3.8) is 0 Å². The van der Waals surface area contributed by atoms with Gasteiger partial charge in [-0.15, -0.1) is 0 Å². The largest absolute Gasteiger partial charge is 0.396 e. The van der Waals surface area contributed by atoms with E-state index in [2.05, 4.69) is 12.7 Å². The maximum absolute atomic E-state index is 8.40. The van der Waals surface area contributed by atoms with Gasteiger partial charge in [-0.1, -0.05) is 24.3 Å². The van der Waals surface area contributed by atoms with Crippen LogP contribution in [0.1, 0.15) is 19.8 Å². The molecule has 1 heteroatoms. The van der Waals surface area contributed by atoms with Crippen LogP contribution in [0.15, 0.2) is 24.3 Å². The lowest BCUT2D eigenvalue weighted by Crippen LogP contribution is -1.79. The van der Waals surface area contributed by atoms with Crippen molar-refractivity contribution in [1.82, 2.24) is 0 Å². The summed E-state index contributed by atoms with van der Waals surface area (Å²) in [6.07, 6.45) is 5.69. The number of allylic oxidation sites excluding steroid dienone is 3. The van der Waals surface area contributed by atoms with E-state index >= 15 is 0 Å². The van der Waals surface area contributed by atoms with Gasteiger partial charge in [-0.3, -0.25) is 0 Å². The van der Waals surface area contributed by atoms with Crippen molar-refractivity contribution in [3.05, 3.63) is 24.3 Å². The molecule has 0 aliphatic rings. The number of aliphatic hydroxyl groups excluding tert-OH is 1. The highest BCUT2D eigenvalue weighted by atomic mass is 16.2. The molecule has 0 aliphatic heterocycles. The summed E-state index contributed by atoms with van der Waals surface area (Å²) in [5.41, 5.74) is 1.18. The van der Waals surface area contributed by atoms with E-state index in [0.29, 0.717) is 0 Å². The molecular formula is C8H14O. The van der Waals surface area contributed by atoms with Crippen molar-refractivity contribution < 1.29 is 5.11 Å². The third-order valence-corrected chi connectivity index (χ3v) is 1.15. The summed E-state index contributed by atoms with van der Waals surface area (Å²) < 4.78 is 0. The van der Waals surface area contributed by atoms with Crippen molar-refractivity contribution in [3.8, 4) is 0 Å². The molecule has 0 atom stereocenters. The van der Waals surface area contributed by atoms with Gasteiger partial charge in [-0.05, 0) is 19.8 Å². The third kappa shape index (κ3) is 5.31. The van der Waals surface area contributed by atoms with Gasteiger partial charge in [0.05, 0.1) is 0 Å². The van der Waals surface area contributed by atoms with Crippen molar-refractivity contribution in [1.29, 1.82) is 0 Å². The smallest absolute Gasteiger partial charge is 0.0433 e. The Bertz CT molecular complexity index is 103. The van der Waals surface area contributed by atoms with E-state index in [1.807, 2.05) is 13.0 Å². The fraction of sp³-hybridized carbons (Fsp3) is 0.500. The van der Waals surface area contributed by atoms with Crippen LogP contribution in [0.4, 0.5) is 0 Å². The van der Waals surface area contributed by atoms with Gasteiger partial charge in [-0.2, -0.15) is 0 Å². The van der Waals surface area contributed by atoms with Crippen LogP contribution in [-0.4, -0.2) is 11.7 Å². The molecule has 0 saturated carbocycles. The summed E-state index contributed by atoms with van der Waals surface area (Å²) in [4.78, 5) is 0. The number of hydrogen-bond donors (Lipinski definition) is 1. The molecule has 0 heterocycles. The summed E-state index contributed by atoms with van der Waals surface area (Å²) in [6.45, 7) is 5.89. The first-order chi connectivity index (χ1) is 4.31. The van der Waals surface area contributed by atoms with E-state index in [-0.39, 0.29) is 6.61 Å². The molecule has 0 radical (unpaired) electrons. The normalized spacial score (nSPS) is 11.6. The number of aliphatic hydroxyl groups is 1. The topological polar surface area (TPSA) is 20.2 Å². The maximum Gasteiger partial charge on any atom is 0.0433 e. The van der Waals surface area contributed by atoms with Gasteiger partial charge in [0.1, 0.15) is 0 Å². The Hall–Kier alpha value is -0.560. The van der Waals surface area contributed by atoms with Crippen molar-refractivity contribution in [2.24, 2.45) is 0 Å². The van der Waals surface area contributed by atoms with Crippen LogP contribution in [0.25, 0.3) is 0 Å². The average molecular weight is 126 g/mol. The lowest BCUT2D eigenvalue weighted by molar-refractivity contribution is 0.289. The highest BCUT2D eigenvalue weighted by Gasteiger charge is 1.80. The standard InChI is InChI=1S/C8H14O/c1-3-8(2)6-4-5-7-9/h3,6,9H,1,4-5,7H2,2H3/b8-6+. The minimum Gasteiger partial charge on any atom is -0.396 e. The lowest BCUT2D eigenvalue weighted by Gasteiger charge is -1.90. The quantitative estimate of drug-likeness (QED) is 0.450. The molecule has 0 fully saturated rings. The zero-order valence-corrected chi connectivity index (χ0v) is 5.93. The highest BCUT2D eigenvalue weighted by Crippen LogP contribution is 1.97. The van der Waals surface area contributed by atoms with Gasteiger partial charge < -0.3 is 5.11 Å². The Kier molecular flexibility index (Phi) is 5.23. The molecule has 1 nitrogen and oxygen atoms in total. The van der Waals surface area contributed by atoms with E-state index in [1.165, 1.54) is 5.57 Å². The summed E-state index contributed by atoms with van der Waals surface area (Å²) in [5, 5.41) is 8.40. The summed E-state index contributed by atoms with van der Waals surface area (Å²) in [5.74, 6) is 0. The van der Waals surface area contributed by atoms with E-state index in [9.17, 15) is 0 Å². The van der Waals surface area contributed by atoms with E-state index in [0.717, 1.165) is 12.8 Å². The van der Waals surface area contributed by atoms with Crippen molar-refractivity contribution >= 4 is 0 Å². The van der Waals surface area contributed by atoms with Gasteiger partial charge in [-0.25, -0.2) is 0 Å². The monoisotopic (exact) mass is 126 g/mol. The van der Waals surface area contributed by atoms with Crippen LogP contribution in [-0.2, 0) is 0 Å². The van der Waals surface area contributed by atoms with Gasteiger partial charge >= 0.3 is 0 Å². The van der Waals surface area contributed by atoms with Crippen LogP contribution in [0.3, 0.4) is 0 Å². The molecule has 0 aromatic rings. The summed E-state index contributed by atoms with van der Waals surface area (Å²) in [6, 6.07) is 0. The fourth-order valence-electron chi connectivity index (χ4n) is 0.504. The van der Waals surface area contributed by atoms with Gasteiger partial charge in [0.2, 0.25) is 0 Å². The second-order valence-corrected chi connectivity index (χ2v) is 2.02. The third-order valence-electron chi connectivity index (χ3n) is 1.15. The fourth-order valence-corrected chi connectivity index (χ4v) is 0.504. The van der Waals surface area contributed by atoms with E-state index in [1.54, 1.807) is 0 Å². The minimum atomic E-state index is 0.279. The van der Waals surface area contributed by atoms with Crippen LogP contribution >= 0.6 is 0 Å². The molecule has 0 rings (SSSR count). The molecule has 0 saturated heterocycles. The van der Waals surface area contributed by atoms with Crippen LogP contribution < -0.4 is 0 Å². The molecule has 0 aromatic heterocycles. The Balaban J connectivity index is 3.31.